The molecule has 0 atom stereocenters. The molecule has 0 radical (unpaired) electrons. The Labute approximate surface area is 114 Å². The van der Waals surface area contributed by atoms with E-state index < -0.39 is 0 Å². The van der Waals surface area contributed by atoms with E-state index in [2.05, 4.69) is 52.5 Å². The van der Waals surface area contributed by atoms with Gasteiger partial charge in [-0.3, -0.25) is 4.79 Å². The van der Waals surface area contributed by atoms with Crippen LogP contribution < -0.4 is 10.6 Å². The molecule has 1 amide bonds. The third-order valence-electron chi connectivity index (χ3n) is 3.10. The van der Waals surface area contributed by atoms with E-state index in [9.17, 15) is 4.79 Å². The van der Waals surface area contributed by atoms with Gasteiger partial charge in [-0.15, -0.1) is 11.3 Å². The predicted octanol–water partition coefficient (Wildman–Crippen LogP) is 2.12. The van der Waals surface area contributed by atoms with Gasteiger partial charge in [0.15, 0.2) is 0 Å². The van der Waals surface area contributed by atoms with Crippen molar-refractivity contribution in [1.82, 2.24) is 10.6 Å². The van der Waals surface area contributed by atoms with Crippen LogP contribution >= 0.6 is 27.3 Å². The average Bonchev–Trinajstić information content (AvgIpc) is 2.60. The molecule has 0 aromatic carbocycles. The molecule has 5 heteroatoms. The highest BCUT2D eigenvalue weighted by molar-refractivity contribution is 9.11. The molecule has 17 heavy (non-hydrogen) atoms. The third kappa shape index (κ3) is 3.09. The number of nitrogens with one attached hydrogen (secondary N) is 2. The van der Waals surface area contributed by atoms with E-state index in [0.717, 1.165) is 16.9 Å². The molecule has 2 heterocycles. The van der Waals surface area contributed by atoms with Crippen LogP contribution in [0.4, 0.5) is 0 Å². The SMILES string of the molecule is CC(C)(CNC(=O)C1CNC1)c1ccc(Br)s1. The molecule has 0 aliphatic carbocycles. The van der Waals surface area contributed by atoms with Crippen molar-refractivity contribution in [2.45, 2.75) is 19.3 Å². The molecule has 0 saturated carbocycles. The van der Waals surface area contributed by atoms with Crippen LogP contribution in [-0.4, -0.2) is 25.5 Å². The molecule has 3 nitrogen and oxygen atoms in total. The second-order valence-corrected chi connectivity index (χ2v) is 7.52. The largest absolute Gasteiger partial charge is 0.355 e. The maximum atomic E-state index is 11.8. The van der Waals surface area contributed by atoms with Crippen molar-refractivity contribution < 1.29 is 4.79 Å². The predicted molar refractivity (Wildman–Crippen MR) is 74.4 cm³/mol. The molecule has 94 valence electrons. The lowest BCUT2D eigenvalue weighted by Crippen LogP contribution is -2.52. The Morgan fingerprint density at radius 3 is 2.76 bits per heavy atom. The molecule has 1 saturated heterocycles. The first-order chi connectivity index (χ1) is 7.99. The van der Waals surface area contributed by atoms with Crippen molar-refractivity contribution in [3.63, 3.8) is 0 Å². The number of hydrogen-bond acceptors (Lipinski definition) is 3. The molecule has 0 unspecified atom stereocenters. The second kappa shape index (κ2) is 5.08. The number of halogens is 1. The van der Waals surface area contributed by atoms with Gasteiger partial charge in [-0.2, -0.15) is 0 Å². The van der Waals surface area contributed by atoms with Crippen LogP contribution in [0.25, 0.3) is 0 Å². The number of carbonyl (C=O) groups excluding carboxylic acids is 1. The minimum Gasteiger partial charge on any atom is -0.355 e. The van der Waals surface area contributed by atoms with Crippen LogP contribution in [0.15, 0.2) is 15.9 Å². The van der Waals surface area contributed by atoms with E-state index in [1.165, 1.54) is 4.88 Å². The highest BCUT2D eigenvalue weighted by atomic mass is 79.9. The van der Waals surface area contributed by atoms with E-state index in [1.54, 1.807) is 11.3 Å². The monoisotopic (exact) mass is 316 g/mol. The zero-order valence-corrected chi connectivity index (χ0v) is 12.5. The summed E-state index contributed by atoms with van der Waals surface area (Å²) in [4.78, 5) is 13.0. The summed E-state index contributed by atoms with van der Waals surface area (Å²) in [7, 11) is 0. The molecule has 1 fully saturated rings. The molecule has 2 N–H and O–H groups in total. The molecule has 1 aliphatic heterocycles. The van der Waals surface area contributed by atoms with Gasteiger partial charge in [0.2, 0.25) is 5.91 Å². The number of carbonyl (C=O) groups is 1. The number of rotatable bonds is 4. The Morgan fingerprint density at radius 1 is 1.59 bits per heavy atom. The van der Waals surface area contributed by atoms with Crippen LogP contribution in [0.1, 0.15) is 18.7 Å². The molecule has 1 aromatic rings. The lowest BCUT2D eigenvalue weighted by molar-refractivity contribution is -0.126. The van der Waals surface area contributed by atoms with Crippen LogP contribution in [0.3, 0.4) is 0 Å². The topological polar surface area (TPSA) is 41.1 Å². The van der Waals surface area contributed by atoms with Crippen LogP contribution in [0.2, 0.25) is 0 Å². The number of thiophene rings is 1. The summed E-state index contributed by atoms with van der Waals surface area (Å²) in [5.74, 6) is 0.341. The summed E-state index contributed by atoms with van der Waals surface area (Å²) in [6.45, 7) is 6.64. The Kier molecular flexibility index (Phi) is 3.90. The minimum atomic E-state index is -0.0104. The van der Waals surface area contributed by atoms with E-state index in [1.807, 2.05) is 0 Å². The van der Waals surface area contributed by atoms with Gasteiger partial charge in [0.05, 0.1) is 9.70 Å². The smallest absolute Gasteiger partial charge is 0.225 e. The fraction of sp³-hybridized carbons (Fsp3) is 0.583. The summed E-state index contributed by atoms with van der Waals surface area (Å²) in [6, 6.07) is 4.17. The summed E-state index contributed by atoms with van der Waals surface area (Å²) < 4.78 is 1.13. The minimum absolute atomic E-state index is 0.0104. The Bertz CT molecular complexity index is 412. The fourth-order valence-corrected chi connectivity index (χ4v) is 3.18. The quantitative estimate of drug-likeness (QED) is 0.893. The van der Waals surface area contributed by atoms with Gasteiger partial charge in [0, 0.05) is 29.9 Å². The fourth-order valence-electron chi connectivity index (χ4n) is 1.69. The Balaban J connectivity index is 1.90. The van der Waals surface area contributed by atoms with Crippen molar-refractivity contribution in [1.29, 1.82) is 0 Å². The number of hydrogen-bond donors (Lipinski definition) is 2. The normalized spacial score (nSPS) is 16.6. The Hall–Kier alpha value is -0.390. The second-order valence-electron chi connectivity index (χ2n) is 5.06. The van der Waals surface area contributed by atoms with Gasteiger partial charge in [-0.1, -0.05) is 13.8 Å². The third-order valence-corrected chi connectivity index (χ3v) is 5.09. The molecule has 1 aromatic heterocycles. The molecule has 2 rings (SSSR count). The van der Waals surface area contributed by atoms with Gasteiger partial charge in [0.1, 0.15) is 0 Å². The van der Waals surface area contributed by atoms with Crippen molar-refractivity contribution in [3.05, 3.63) is 20.8 Å². The van der Waals surface area contributed by atoms with E-state index in [0.29, 0.717) is 6.54 Å². The maximum absolute atomic E-state index is 11.8. The van der Waals surface area contributed by atoms with Gasteiger partial charge < -0.3 is 10.6 Å². The molecule has 1 aliphatic rings. The van der Waals surface area contributed by atoms with Gasteiger partial charge in [-0.25, -0.2) is 0 Å². The molecule has 0 spiro atoms. The lowest BCUT2D eigenvalue weighted by Gasteiger charge is -2.29. The van der Waals surface area contributed by atoms with Gasteiger partial charge in [0.25, 0.3) is 0 Å². The highest BCUT2D eigenvalue weighted by Crippen LogP contribution is 2.32. The first-order valence-corrected chi connectivity index (χ1v) is 7.34. The van der Waals surface area contributed by atoms with Gasteiger partial charge >= 0.3 is 0 Å². The zero-order chi connectivity index (χ0) is 12.5. The average molecular weight is 317 g/mol. The van der Waals surface area contributed by atoms with Gasteiger partial charge in [-0.05, 0) is 28.1 Å². The summed E-state index contributed by atoms with van der Waals surface area (Å²) in [5.41, 5.74) is -0.0104. The standard InChI is InChI=1S/C12H17BrN2OS/c1-12(2,9-3-4-10(13)17-9)7-15-11(16)8-5-14-6-8/h3-4,8,14H,5-7H2,1-2H3,(H,15,16). The Morgan fingerprint density at radius 2 is 2.29 bits per heavy atom. The maximum Gasteiger partial charge on any atom is 0.225 e. The van der Waals surface area contributed by atoms with Crippen molar-refractivity contribution in [2.24, 2.45) is 5.92 Å². The molecule has 0 bridgehead atoms. The first-order valence-electron chi connectivity index (χ1n) is 5.73. The summed E-state index contributed by atoms with van der Waals surface area (Å²) in [5, 5.41) is 6.15. The van der Waals surface area contributed by atoms with Crippen LogP contribution in [0, 0.1) is 5.92 Å². The van der Waals surface area contributed by atoms with Crippen molar-refractivity contribution in [3.8, 4) is 0 Å². The van der Waals surface area contributed by atoms with E-state index in [4.69, 9.17) is 0 Å². The zero-order valence-electron chi connectivity index (χ0n) is 10.0. The molecular weight excluding hydrogens is 300 g/mol. The van der Waals surface area contributed by atoms with E-state index >= 15 is 0 Å². The van der Waals surface area contributed by atoms with E-state index in [-0.39, 0.29) is 17.2 Å². The highest BCUT2D eigenvalue weighted by Gasteiger charge is 2.28. The van der Waals surface area contributed by atoms with Crippen molar-refractivity contribution in [2.75, 3.05) is 19.6 Å². The first kappa shape index (κ1) is 13.1. The summed E-state index contributed by atoms with van der Waals surface area (Å²) in [6.07, 6.45) is 0. The van der Waals surface area contributed by atoms with Crippen molar-refractivity contribution >= 4 is 33.2 Å². The molecular formula is C12H17BrN2OS. The van der Waals surface area contributed by atoms with Crippen LogP contribution in [-0.2, 0) is 10.2 Å². The lowest BCUT2D eigenvalue weighted by atomic mass is 9.91. The number of amides is 1. The summed E-state index contributed by atoms with van der Waals surface area (Å²) >= 11 is 5.20. The van der Waals surface area contributed by atoms with Crippen LogP contribution in [0.5, 0.6) is 0 Å².